The van der Waals surface area contributed by atoms with Gasteiger partial charge in [-0.05, 0) is 12.8 Å². The predicted molar refractivity (Wildman–Crippen MR) is 63.1 cm³/mol. The molecule has 5 heteroatoms. The Kier molecular flexibility index (Phi) is 4.06. The van der Waals surface area contributed by atoms with Gasteiger partial charge < -0.3 is 11.1 Å². The van der Waals surface area contributed by atoms with Gasteiger partial charge in [0.2, 0.25) is 0 Å². The van der Waals surface area contributed by atoms with E-state index in [4.69, 9.17) is 5.73 Å². The van der Waals surface area contributed by atoms with E-state index in [0.29, 0.717) is 18.0 Å². The van der Waals surface area contributed by atoms with Crippen LogP contribution in [0.2, 0.25) is 0 Å². The first-order chi connectivity index (χ1) is 7.43. The number of aryl methyl sites for hydroxylation is 1. The molecule has 1 aromatic rings. The fourth-order valence-corrected chi connectivity index (χ4v) is 1.26. The molecule has 0 bridgehead atoms. The molecule has 1 unspecified atom stereocenters. The topological polar surface area (TPSA) is 72.9 Å². The number of aromatic nitrogens is 2. The molecule has 0 saturated heterocycles. The van der Waals surface area contributed by atoms with Crippen LogP contribution in [-0.4, -0.2) is 28.3 Å². The molecule has 0 fully saturated rings. The lowest BCUT2D eigenvalue weighted by Gasteiger charge is -2.15. The van der Waals surface area contributed by atoms with Gasteiger partial charge in [0.25, 0.3) is 5.91 Å². The molecule has 0 aliphatic carbocycles. The molecule has 16 heavy (non-hydrogen) atoms. The molecule has 90 valence electrons. The van der Waals surface area contributed by atoms with Crippen molar-refractivity contribution in [2.24, 2.45) is 18.7 Å². The molecule has 1 amide bonds. The van der Waals surface area contributed by atoms with E-state index in [9.17, 15) is 4.79 Å². The number of hydrogen-bond acceptors (Lipinski definition) is 3. The Balaban J connectivity index is 2.57. The van der Waals surface area contributed by atoms with Crippen molar-refractivity contribution in [1.29, 1.82) is 0 Å². The van der Waals surface area contributed by atoms with Gasteiger partial charge >= 0.3 is 0 Å². The highest BCUT2D eigenvalue weighted by Crippen LogP contribution is 2.05. The predicted octanol–water partition coefficient (Wildman–Crippen LogP) is 0.442. The summed E-state index contributed by atoms with van der Waals surface area (Å²) in [5.41, 5.74) is 7.32. The Bertz CT molecular complexity index is 370. The molecule has 1 atom stereocenters. The summed E-state index contributed by atoms with van der Waals surface area (Å²) in [4.78, 5) is 11.8. The summed E-state index contributed by atoms with van der Waals surface area (Å²) in [6.45, 7) is 6.42. The standard InChI is InChI=1S/C11H20N4O/c1-7(2)10(12)6-13-11(16)9-5-14-15(4)8(9)3/h5,7,10H,6,12H2,1-4H3,(H,13,16). The Morgan fingerprint density at radius 2 is 2.25 bits per heavy atom. The van der Waals surface area contributed by atoms with Crippen LogP contribution in [0.1, 0.15) is 29.9 Å². The second-order valence-corrected chi connectivity index (χ2v) is 4.39. The highest BCUT2D eigenvalue weighted by atomic mass is 16.1. The first-order valence-corrected chi connectivity index (χ1v) is 5.45. The smallest absolute Gasteiger partial charge is 0.254 e. The van der Waals surface area contributed by atoms with Crippen molar-refractivity contribution < 1.29 is 4.79 Å². The molecule has 1 heterocycles. The molecular formula is C11H20N4O. The van der Waals surface area contributed by atoms with Gasteiger partial charge in [-0.2, -0.15) is 5.10 Å². The Hall–Kier alpha value is -1.36. The quantitative estimate of drug-likeness (QED) is 0.779. The molecule has 5 nitrogen and oxygen atoms in total. The second kappa shape index (κ2) is 5.12. The molecule has 3 N–H and O–H groups in total. The van der Waals surface area contributed by atoms with Crippen molar-refractivity contribution in [3.05, 3.63) is 17.5 Å². The normalized spacial score (nSPS) is 12.9. The van der Waals surface area contributed by atoms with E-state index >= 15 is 0 Å². The van der Waals surface area contributed by atoms with Crippen molar-refractivity contribution in [3.8, 4) is 0 Å². The van der Waals surface area contributed by atoms with Gasteiger partial charge in [-0.1, -0.05) is 13.8 Å². The number of carbonyl (C=O) groups is 1. The largest absolute Gasteiger partial charge is 0.350 e. The third-order valence-electron chi connectivity index (χ3n) is 2.83. The maximum absolute atomic E-state index is 11.8. The van der Waals surface area contributed by atoms with Gasteiger partial charge in [-0.25, -0.2) is 0 Å². The van der Waals surface area contributed by atoms with Gasteiger partial charge in [0.05, 0.1) is 11.8 Å². The zero-order valence-electron chi connectivity index (χ0n) is 10.3. The molecule has 0 aliphatic rings. The molecule has 1 aromatic heterocycles. The maximum Gasteiger partial charge on any atom is 0.254 e. The summed E-state index contributed by atoms with van der Waals surface area (Å²) in [6.07, 6.45) is 1.57. The highest BCUT2D eigenvalue weighted by Gasteiger charge is 2.14. The van der Waals surface area contributed by atoms with Crippen LogP contribution in [0.25, 0.3) is 0 Å². The first kappa shape index (κ1) is 12.7. The molecule has 0 spiro atoms. The number of amides is 1. The minimum atomic E-state index is -0.110. The van der Waals surface area contributed by atoms with Crippen molar-refractivity contribution in [3.63, 3.8) is 0 Å². The van der Waals surface area contributed by atoms with Crippen molar-refractivity contribution in [2.75, 3.05) is 6.54 Å². The molecule has 0 aromatic carbocycles. The third kappa shape index (κ3) is 2.82. The minimum Gasteiger partial charge on any atom is -0.350 e. The van der Waals surface area contributed by atoms with Crippen molar-refractivity contribution >= 4 is 5.91 Å². The zero-order chi connectivity index (χ0) is 12.3. The van der Waals surface area contributed by atoms with Crippen LogP contribution >= 0.6 is 0 Å². The highest BCUT2D eigenvalue weighted by molar-refractivity contribution is 5.95. The lowest BCUT2D eigenvalue weighted by molar-refractivity contribution is 0.0948. The number of rotatable bonds is 4. The van der Waals surface area contributed by atoms with Gasteiger partial charge in [0.1, 0.15) is 0 Å². The van der Waals surface area contributed by atoms with Gasteiger partial charge in [-0.15, -0.1) is 0 Å². The second-order valence-electron chi connectivity index (χ2n) is 4.39. The zero-order valence-corrected chi connectivity index (χ0v) is 10.3. The van der Waals surface area contributed by atoms with E-state index in [2.05, 4.69) is 10.4 Å². The van der Waals surface area contributed by atoms with Crippen LogP contribution in [0, 0.1) is 12.8 Å². The average molecular weight is 224 g/mol. The number of carbonyl (C=O) groups excluding carboxylic acids is 1. The molecule has 1 rings (SSSR count). The van der Waals surface area contributed by atoms with E-state index in [1.165, 1.54) is 0 Å². The minimum absolute atomic E-state index is 0.0130. The van der Waals surface area contributed by atoms with Gasteiger partial charge in [0.15, 0.2) is 0 Å². The number of hydrogen-bond donors (Lipinski definition) is 2. The Labute approximate surface area is 96.0 Å². The number of nitrogens with two attached hydrogens (primary N) is 1. The van der Waals surface area contributed by atoms with Crippen LogP contribution in [0.4, 0.5) is 0 Å². The molecule has 0 radical (unpaired) electrons. The van der Waals surface area contributed by atoms with E-state index in [0.717, 1.165) is 5.69 Å². The SMILES string of the molecule is Cc1c(C(=O)NCC(N)C(C)C)cnn1C. The van der Waals surface area contributed by atoms with Crippen LogP contribution in [0.3, 0.4) is 0 Å². The molecule has 0 saturated carbocycles. The van der Waals surface area contributed by atoms with E-state index in [-0.39, 0.29) is 11.9 Å². The average Bonchev–Trinajstić information content (AvgIpc) is 2.55. The lowest BCUT2D eigenvalue weighted by atomic mass is 10.1. The summed E-state index contributed by atoms with van der Waals surface area (Å²) in [5.74, 6) is 0.247. The Morgan fingerprint density at radius 1 is 1.62 bits per heavy atom. The van der Waals surface area contributed by atoms with Gasteiger partial charge in [0, 0.05) is 25.3 Å². The Morgan fingerprint density at radius 3 is 2.69 bits per heavy atom. The van der Waals surface area contributed by atoms with Crippen LogP contribution in [0.15, 0.2) is 6.20 Å². The molecular weight excluding hydrogens is 204 g/mol. The summed E-state index contributed by atoms with van der Waals surface area (Å²) in [6, 6.07) is -0.0130. The van der Waals surface area contributed by atoms with Crippen LogP contribution in [0.5, 0.6) is 0 Å². The summed E-state index contributed by atoms with van der Waals surface area (Å²) >= 11 is 0. The third-order valence-corrected chi connectivity index (χ3v) is 2.83. The van der Waals surface area contributed by atoms with Crippen LogP contribution in [-0.2, 0) is 7.05 Å². The summed E-state index contributed by atoms with van der Waals surface area (Å²) in [7, 11) is 1.81. The first-order valence-electron chi connectivity index (χ1n) is 5.45. The lowest BCUT2D eigenvalue weighted by Crippen LogP contribution is -2.40. The number of nitrogens with zero attached hydrogens (tertiary/aromatic N) is 2. The van der Waals surface area contributed by atoms with Gasteiger partial charge in [-0.3, -0.25) is 9.48 Å². The van der Waals surface area contributed by atoms with Crippen molar-refractivity contribution in [2.45, 2.75) is 26.8 Å². The monoisotopic (exact) mass is 224 g/mol. The summed E-state index contributed by atoms with van der Waals surface area (Å²) in [5, 5.41) is 6.84. The fourth-order valence-electron chi connectivity index (χ4n) is 1.26. The van der Waals surface area contributed by atoms with E-state index in [1.807, 2.05) is 27.8 Å². The fraction of sp³-hybridized carbons (Fsp3) is 0.636. The number of nitrogens with one attached hydrogen (secondary N) is 1. The maximum atomic E-state index is 11.8. The van der Waals surface area contributed by atoms with Crippen molar-refractivity contribution in [1.82, 2.24) is 15.1 Å². The van der Waals surface area contributed by atoms with Crippen LogP contribution < -0.4 is 11.1 Å². The molecule has 0 aliphatic heterocycles. The van der Waals surface area contributed by atoms with E-state index in [1.54, 1.807) is 10.9 Å². The van der Waals surface area contributed by atoms with E-state index < -0.39 is 0 Å². The summed E-state index contributed by atoms with van der Waals surface area (Å²) < 4.78 is 1.68.